The van der Waals surface area contributed by atoms with Crippen molar-refractivity contribution in [3.63, 3.8) is 0 Å². The molecule has 0 bridgehead atoms. The molecule has 0 aromatic carbocycles. The van der Waals surface area contributed by atoms with Gasteiger partial charge in [-0.15, -0.1) is 0 Å². The van der Waals surface area contributed by atoms with Crippen LogP contribution in [0.25, 0.3) is 0 Å². The van der Waals surface area contributed by atoms with Gasteiger partial charge >= 0.3 is 0 Å². The normalized spacial score (nSPS) is 10.6. The Labute approximate surface area is 74.1 Å². The van der Waals surface area contributed by atoms with Crippen LogP contribution in [0.15, 0.2) is 18.7 Å². The molecule has 0 aliphatic rings. The molecule has 0 saturated carbocycles. The molecule has 1 aromatic heterocycles. The van der Waals surface area contributed by atoms with E-state index in [4.69, 9.17) is 0 Å². The Morgan fingerprint density at radius 2 is 1.92 bits per heavy atom. The van der Waals surface area contributed by atoms with Crippen molar-refractivity contribution in [2.24, 2.45) is 5.92 Å². The first-order valence-electron chi connectivity index (χ1n) is 4.53. The molecule has 1 aromatic rings. The molecular weight excluding hydrogens is 148 g/mol. The first kappa shape index (κ1) is 9.17. The predicted octanol–water partition coefficient (Wildman–Crippen LogP) is 2.46. The maximum atomic E-state index is 3.97. The quantitative estimate of drug-likeness (QED) is 0.683. The van der Waals surface area contributed by atoms with Crippen LogP contribution >= 0.6 is 0 Å². The summed E-state index contributed by atoms with van der Waals surface area (Å²) in [5.74, 6) is 0.801. The van der Waals surface area contributed by atoms with Gasteiger partial charge in [0, 0.05) is 12.4 Å². The Morgan fingerprint density at radius 1 is 1.25 bits per heavy atom. The second-order valence-electron chi connectivity index (χ2n) is 3.53. The molecule has 66 valence electrons. The molecule has 0 spiro atoms. The van der Waals surface area contributed by atoms with Gasteiger partial charge in [0.05, 0.1) is 0 Å². The SMILES string of the molecule is CC(C)CCCc1cncnc1. The Kier molecular flexibility index (Phi) is 3.71. The third kappa shape index (κ3) is 3.46. The molecule has 0 aliphatic carbocycles. The summed E-state index contributed by atoms with van der Waals surface area (Å²) in [6, 6.07) is 0. The topological polar surface area (TPSA) is 25.8 Å². The minimum absolute atomic E-state index is 0.801. The summed E-state index contributed by atoms with van der Waals surface area (Å²) in [5, 5.41) is 0. The Bertz CT molecular complexity index is 206. The van der Waals surface area contributed by atoms with Gasteiger partial charge in [-0.3, -0.25) is 0 Å². The van der Waals surface area contributed by atoms with E-state index in [-0.39, 0.29) is 0 Å². The summed E-state index contributed by atoms with van der Waals surface area (Å²) in [5.41, 5.74) is 1.25. The molecule has 12 heavy (non-hydrogen) atoms. The van der Waals surface area contributed by atoms with Gasteiger partial charge in [0.15, 0.2) is 0 Å². The zero-order valence-corrected chi connectivity index (χ0v) is 7.83. The monoisotopic (exact) mass is 164 g/mol. The maximum absolute atomic E-state index is 3.97. The number of aromatic nitrogens is 2. The number of hydrogen-bond donors (Lipinski definition) is 0. The van der Waals surface area contributed by atoms with Crippen LogP contribution < -0.4 is 0 Å². The second kappa shape index (κ2) is 4.86. The van der Waals surface area contributed by atoms with Gasteiger partial charge < -0.3 is 0 Å². The van der Waals surface area contributed by atoms with Crippen LogP contribution in [0.3, 0.4) is 0 Å². The first-order valence-corrected chi connectivity index (χ1v) is 4.53. The molecule has 0 aliphatic heterocycles. The van der Waals surface area contributed by atoms with Crippen molar-refractivity contribution < 1.29 is 0 Å². The fourth-order valence-electron chi connectivity index (χ4n) is 1.17. The zero-order chi connectivity index (χ0) is 8.81. The molecule has 0 saturated heterocycles. The summed E-state index contributed by atoms with van der Waals surface area (Å²) in [4.78, 5) is 7.94. The van der Waals surface area contributed by atoms with Gasteiger partial charge in [-0.2, -0.15) is 0 Å². The van der Waals surface area contributed by atoms with E-state index < -0.39 is 0 Å². The van der Waals surface area contributed by atoms with E-state index in [0.29, 0.717) is 0 Å². The fourth-order valence-corrected chi connectivity index (χ4v) is 1.17. The zero-order valence-electron chi connectivity index (χ0n) is 7.83. The highest BCUT2D eigenvalue weighted by Gasteiger charge is 1.95. The van der Waals surface area contributed by atoms with Gasteiger partial charge in [0.25, 0.3) is 0 Å². The summed E-state index contributed by atoms with van der Waals surface area (Å²) in [7, 11) is 0. The fraction of sp³-hybridized carbons (Fsp3) is 0.600. The molecule has 1 heterocycles. The van der Waals surface area contributed by atoms with E-state index in [1.165, 1.54) is 18.4 Å². The number of nitrogens with zero attached hydrogens (tertiary/aromatic N) is 2. The average Bonchev–Trinajstić information content (AvgIpc) is 2.05. The maximum Gasteiger partial charge on any atom is 0.115 e. The number of hydrogen-bond acceptors (Lipinski definition) is 2. The van der Waals surface area contributed by atoms with Crippen molar-refractivity contribution in [3.8, 4) is 0 Å². The van der Waals surface area contributed by atoms with E-state index in [9.17, 15) is 0 Å². The molecule has 0 amide bonds. The molecule has 0 fully saturated rings. The first-order chi connectivity index (χ1) is 5.79. The Balaban J connectivity index is 2.25. The van der Waals surface area contributed by atoms with Crippen molar-refractivity contribution in [2.45, 2.75) is 33.1 Å². The van der Waals surface area contributed by atoms with E-state index >= 15 is 0 Å². The van der Waals surface area contributed by atoms with Crippen LogP contribution in [0.4, 0.5) is 0 Å². The average molecular weight is 164 g/mol. The van der Waals surface area contributed by atoms with E-state index in [1.54, 1.807) is 6.33 Å². The summed E-state index contributed by atoms with van der Waals surface area (Å²) >= 11 is 0. The van der Waals surface area contributed by atoms with Gasteiger partial charge in [-0.1, -0.05) is 20.3 Å². The van der Waals surface area contributed by atoms with Crippen molar-refractivity contribution in [1.29, 1.82) is 0 Å². The molecule has 2 nitrogen and oxygen atoms in total. The van der Waals surface area contributed by atoms with Crippen molar-refractivity contribution in [2.75, 3.05) is 0 Å². The Morgan fingerprint density at radius 3 is 2.50 bits per heavy atom. The van der Waals surface area contributed by atoms with Crippen molar-refractivity contribution >= 4 is 0 Å². The molecule has 0 radical (unpaired) electrons. The molecular formula is C10H16N2. The molecule has 0 N–H and O–H groups in total. The third-order valence-electron chi connectivity index (χ3n) is 1.86. The van der Waals surface area contributed by atoms with Crippen molar-refractivity contribution in [3.05, 3.63) is 24.3 Å². The summed E-state index contributed by atoms with van der Waals surface area (Å²) < 4.78 is 0. The second-order valence-corrected chi connectivity index (χ2v) is 3.53. The molecule has 2 heteroatoms. The van der Waals surface area contributed by atoms with Gasteiger partial charge in [0.2, 0.25) is 0 Å². The van der Waals surface area contributed by atoms with Crippen molar-refractivity contribution in [1.82, 2.24) is 9.97 Å². The van der Waals surface area contributed by atoms with E-state index in [2.05, 4.69) is 23.8 Å². The van der Waals surface area contributed by atoms with Crippen LogP contribution in [0.5, 0.6) is 0 Å². The lowest BCUT2D eigenvalue weighted by molar-refractivity contribution is 0.555. The Hall–Kier alpha value is -0.920. The van der Waals surface area contributed by atoms with Crippen LogP contribution in [0.2, 0.25) is 0 Å². The minimum Gasteiger partial charge on any atom is -0.245 e. The van der Waals surface area contributed by atoms with Gasteiger partial charge in [-0.05, 0) is 24.3 Å². The lowest BCUT2D eigenvalue weighted by Gasteiger charge is -2.02. The van der Waals surface area contributed by atoms with Crippen LogP contribution in [-0.4, -0.2) is 9.97 Å². The summed E-state index contributed by atoms with van der Waals surface area (Å²) in [6.07, 6.45) is 9.01. The highest BCUT2D eigenvalue weighted by atomic mass is 14.8. The number of aryl methyl sites for hydroxylation is 1. The minimum atomic E-state index is 0.801. The summed E-state index contributed by atoms with van der Waals surface area (Å²) in [6.45, 7) is 4.50. The molecule has 1 rings (SSSR count). The number of rotatable bonds is 4. The van der Waals surface area contributed by atoms with E-state index in [1.807, 2.05) is 12.4 Å². The van der Waals surface area contributed by atoms with Crippen LogP contribution in [-0.2, 0) is 6.42 Å². The predicted molar refractivity (Wildman–Crippen MR) is 49.8 cm³/mol. The third-order valence-corrected chi connectivity index (χ3v) is 1.86. The standard InChI is InChI=1S/C10H16N2/c1-9(2)4-3-5-10-6-11-8-12-7-10/h6-9H,3-5H2,1-2H3. The lowest BCUT2D eigenvalue weighted by Crippen LogP contribution is -1.92. The van der Waals surface area contributed by atoms with Crippen LogP contribution in [0.1, 0.15) is 32.3 Å². The highest BCUT2D eigenvalue weighted by molar-refractivity contribution is 5.01. The van der Waals surface area contributed by atoms with Gasteiger partial charge in [0.1, 0.15) is 6.33 Å². The van der Waals surface area contributed by atoms with Gasteiger partial charge in [-0.25, -0.2) is 9.97 Å². The van der Waals surface area contributed by atoms with E-state index in [0.717, 1.165) is 12.3 Å². The largest absolute Gasteiger partial charge is 0.245 e. The lowest BCUT2D eigenvalue weighted by atomic mass is 10.0. The van der Waals surface area contributed by atoms with Crippen LogP contribution in [0, 0.1) is 5.92 Å². The smallest absolute Gasteiger partial charge is 0.115 e. The molecule has 0 atom stereocenters. The highest BCUT2D eigenvalue weighted by Crippen LogP contribution is 2.07. The molecule has 0 unspecified atom stereocenters.